The van der Waals surface area contributed by atoms with Crippen LogP contribution in [-0.2, 0) is 17.6 Å². The predicted molar refractivity (Wildman–Crippen MR) is 104 cm³/mol. The molecule has 8 nitrogen and oxygen atoms in total. The number of hydrogen-bond acceptors (Lipinski definition) is 5. The number of nitrogens with zero attached hydrogens (tertiary/aromatic N) is 3. The number of rotatable bonds is 5. The molecule has 1 aromatic carbocycles. The summed E-state index contributed by atoms with van der Waals surface area (Å²) >= 11 is 0. The summed E-state index contributed by atoms with van der Waals surface area (Å²) in [6, 6.07) is 9.21. The molecule has 0 aliphatic heterocycles. The fraction of sp³-hybridized carbons (Fsp3) is 0.300. The van der Waals surface area contributed by atoms with E-state index in [0.29, 0.717) is 23.2 Å². The van der Waals surface area contributed by atoms with E-state index in [0.717, 1.165) is 36.1 Å². The maximum atomic E-state index is 12.3. The van der Waals surface area contributed by atoms with Crippen molar-refractivity contribution in [2.45, 2.75) is 33.1 Å². The average molecular weight is 379 g/mol. The monoisotopic (exact) mass is 379 g/mol. The van der Waals surface area contributed by atoms with E-state index in [4.69, 9.17) is 4.74 Å². The lowest BCUT2D eigenvalue weighted by molar-refractivity contribution is -0.118. The number of anilines is 1. The molecule has 0 atom stereocenters. The van der Waals surface area contributed by atoms with E-state index in [1.54, 1.807) is 19.1 Å². The number of hydrogen-bond donors (Lipinski definition) is 2. The van der Waals surface area contributed by atoms with Gasteiger partial charge < -0.3 is 10.1 Å². The zero-order chi connectivity index (χ0) is 19.7. The molecule has 0 fully saturated rings. The van der Waals surface area contributed by atoms with Gasteiger partial charge in [0.25, 0.3) is 11.5 Å². The Hall–Kier alpha value is -3.42. The lowest BCUT2D eigenvalue weighted by atomic mass is 10.2. The fourth-order valence-electron chi connectivity index (χ4n) is 3.31. The smallest absolute Gasteiger partial charge is 0.263 e. The number of aromatic amines is 1. The summed E-state index contributed by atoms with van der Waals surface area (Å²) in [6.07, 6.45) is 2.45. The van der Waals surface area contributed by atoms with E-state index in [1.807, 2.05) is 25.1 Å². The summed E-state index contributed by atoms with van der Waals surface area (Å²) in [5.74, 6) is 1.03. The first-order valence-electron chi connectivity index (χ1n) is 9.18. The van der Waals surface area contributed by atoms with E-state index < -0.39 is 0 Å². The number of carbonyl (C=O) groups is 1. The maximum Gasteiger partial charge on any atom is 0.263 e. The summed E-state index contributed by atoms with van der Waals surface area (Å²) < 4.78 is 6.98. The number of fused-ring (bicyclic) bond motifs is 1. The lowest BCUT2D eigenvalue weighted by Crippen LogP contribution is -2.24. The molecule has 1 aliphatic rings. The van der Waals surface area contributed by atoms with Crippen LogP contribution >= 0.6 is 0 Å². The first-order valence-corrected chi connectivity index (χ1v) is 9.18. The van der Waals surface area contributed by atoms with Crippen molar-refractivity contribution in [3.63, 3.8) is 0 Å². The second-order valence-corrected chi connectivity index (χ2v) is 6.90. The lowest BCUT2D eigenvalue weighted by Gasteiger charge is -2.10. The second-order valence-electron chi connectivity index (χ2n) is 6.90. The topological polar surface area (TPSA) is 102 Å². The van der Waals surface area contributed by atoms with Crippen LogP contribution in [0.1, 0.15) is 28.9 Å². The molecule has 4 rings (SSSR count). The van der Waals surface area contributed by atoms with Crippen LogP contribution in [0.15, 0.2) is 35.1 Å². The van der Waals surface area contributed by atoms with Crippen LogP contribution in [0.5, 0.6) is 5.75 Å². The van der Waals surface area contributed by atoms with E-state index >= 15 is 0 Å². The zero-order valence-corrected chi connectivity index (χ0v) is 15.8. The van der Waals surface area contributed by atoms with Gasteiger partial charge >= 0.3 is 0 Å². The molecule has 1 amide bonds. The maximum absolute atomic E-state index is 12.3. The van der Waals surface area contributed by atoms with Gasteiger partial charge in [0.1, 0.15) is 11.6 Å². The standard InChI is InChI=1S/C20H21N5O3/c1-12-5-3-6-14(9-12)28-11-18(26)22-17-10-13(2)24-25(17)20-21-16-8-4-7-15(16)19(27)23-20/h3,5-6,9-10H,4,7-8,11H2,1-2H3,(H,22,26)(H,21,23,27). The molecule has 28 heavy (non-hydrogen) atoms. The van der Waals surface area contributed by atoms with E-state index in [1.165, 1.54) is 4.68 Å². The molecule has 2 N–H and O–H groups in total. The van der Waals surface area contributed by atoms with Crippen molar-refractivity contribution in [3.05, 3.63) is 63.2 Å². The predicted octanol–water partition coefficient (Wildman–Crippen LogP) is 2.08. The van der Waals surface area contributed by atoms with Crippen molar-refractivity contribution in [3.8, 4) is 11.7 Å². The molecule has 0 saturated heterocycles. The van der Waals surface area contributed by atoms with Crippen molar-refractivity contribution in [1.29, 1.82) is 0 Å². The zero-order valence-electron chi connectivity index (χ0n) is 15.8. The van der Waals surface area contributed by atoms with Crippen molar-refractivity contribution < 1.29 is 9.53 Å². The van der Waals surface area contributed by atoms with Gasteiger partial charge in [-0.3, -0.25) is 14.6 Å². The molecule has 0 bridgehead atoms. The molecule has 0 radical (unpaired) electrons. The van der Waals surface area contributed by atoms with E-state index in [2.05, 4.69) is 20.4 Å². The molecule has 144 valence electrons. The number of aromatic nitrogens is 4. The number of aryl methyl sites for hydroxylation is 3. The average Bonchev–Trinajstić information content (AvgIpc) is 3.27. The van der Waals surface area contributed by atoms with Gasteiger partial charge in [-0.25, -0.2) is 4.98 Å². The highest BCUT2D eigenvalue weighted by atomic mass is 16.5. The third kappa shape index (κ3) is 3.66. The Morgan fingerprint density at radius 1 is 1.29 bits per heavy atom. The molecular weight excluding hydrogens is 358 g/mol. The Bertz CT molecular complexity index is 1100. The van der Waals surface area contributed by atoms with Gasteiger partial charge in [-0.05, 0) is 50.8 Å². The Labute approximate surface area is 161 Å². The molecule has 8 heteroatoms. The highest BCUT2D eigenvalue weighted by molar-refractivity contribution is 5.91. The summed E-state index contributed by atoms with van der Waals surface area (Å²) in [4.78, 5) is 31.9. The van der Waals surface area contributed by atoms with Gasteiger partial charge in [0, 0.05) is 11.6 Å². The summed E-state index contributed by atoms with van der Waals surface area (Å²) in [5.41, 5.74) is 3.14. The van der Waals surface area contributed by atoms with Gasteiger partial charge in [-0.1, -0.05) is 12.1 Å². The van der Waals surface area contributed by atoms with Gasteiger partial charge in [0.2, 0.25) is 5.95 Å². The van der Waals surface area contributed by atoms with Crippen molar-refractivity contribution in [1.82, 2.24) is 19.7 Å². The quantitative estimate of drug-likeness (QED) is 0.707. The first-order chi connectivity index (χ1) is 13.5. The molecule has 1 aliphatic carbocycles. The Morgan fingerprint density at radius 3 is 2.96 bits per heavy atom. The van der Waals surface area contributed by atoms with Crippen LogP contribution in [0, 0.1) is 13.8 Å². The molecule has 2 heterocycles. The Morgan fingerprint density at radius 2 is 2.14 bits per heavy atom. The number of benzene rings is 1. The van der Waals surface area contributed by atoms with Crippen LogP contribution in [0.2, 0.25) is 0 Å². The highest BCUT2D eigenvalue weighted by Gasteiger charge is 2.20. The Kier molecular flexibility index (Phi) is 4.68. The number of ether oxygens (including phenoxy) is 1. The van der Waals surface area contributed by atoms with Gasteiger partial charge in [-0.15, -0.1) is 0 Å². The first kappa shape index (κ1) is 18.0. The third-order valence-electron chi connectivity index (χ3n) is 4.59. The van der Waals surface area contributed by atoms with E-state index in [9.17, 15) is 9.59 Å². The van der Waals surface area contributed by atoms with Crippen LogP contribution in [-0.4, -0.2) is 32.3 Å². The molecule has 0 unspecified atom stereocenters. The van der Waals surface area contributed by atoms with Crippen LogP contribution < -0.4 is 15.6 Å². The Balaban J connectivity index is 1.53. The molecule has 2 aromatic heterocycles. The van der Waals surface area contributed by atoms with Gasteiger partial charge in [0.05, 0.1) is 11.4 Å². The van der Waals surface area contributed by atoms with Crippen LogP contribution in [0.3, 0.4) is 0 Å². The van der Waals surface area contributed by atoms with Gasteiger partial charge in [-0.2, -0.15) is 9.78 Å². The molecular formula is C20H21N5O3. The molecule has 0 saturated carbocycles. The summed E-state index contributed by atoms with van der Waals surface area (Å²) in [5, 5.41) is 7.14. The van der Waals surface area contributed by atoms with Crippen molar-refractivity contribution >= 4 is 11.7 Å². The van der Waals surface area contributed by atoms with Gasteiger partial charge in [0.15, 0.2) is 6.61 Å². The molecule has 0 spiro atoms. The van der Waals surface area contributed by atoms with Crippen LogP contribution in [0.4, 0.5) is 5.82 Å². The van der Waals surface area contributed by atoms with E-state index in [-0.39, 0.29) is 18.1 Å². The second kappa shape index (κ2) is 7.30. The number of H-pyrrole nitrogens is 1. The minimum absolute atomic E-state index is 0.137. The number of nitrogens with one attached hydrogen (secondary N) is 2. The normalized spacial score (nSPS) is 12.6. The minimum atomic E-state index is -0.328. The largest absolute Gasteiger partial charge is 0.484 e. The minimum Gasteiger partial charge on any atom is -0.484 e. The summed E-state index contributed by atoms with van der Waals surface area (Å²) in [6.45, 7) is 3.63. The number of amides is 1. The highest BCUT2D eigenvalue weighted by Crippen LogP contribution is 2.19. The molecule has 3 aromatic rings. The van der Waals surface area contributed by atoms with Crippen LogP contribution in [0.25, 0.3) is 5.95 Å². The summed E-state index contributed by atoms with van der Waals surface area (Å²) in [7, 11) is 0. The SMILES string of the molecule is Cc1cccc(OCC(=O)Nc2cc(C)nn2-c2nc3c(c(=O)[nH]2)CCC3)c1. The van der Waals surface area contributed by atoms with Crippen molar-refractivity contribution in [2.75, 3.05) is 11.9 Å². The number of carbonyl (C=O) groups excluding carboxylic acids is 1. The fourth-order valence-corrected chi connectivity index (χ4v) is 3.31. The van der Waals surface area contributed by atoms with Crippen molar-refractivity contribution in [2.24, 2.45) is 0 Å². The third-order valence-corrected chi connectivity index (χ3v) is 4.59.